The first-order valence-corrected chi connectivity index (χ1v) is 7.20. The van der Waals surface area contributed by atoms with Crippen LogP contribution in [0.1, 0.15) is 30.1 Å². The Morgan fingerprint density at radius 1 is 1.29 bits per heavy atom. The molecule has 0 bridgehead atoms. The second-order valence-corrected chi connectivity index (χ2v) is 6.07. The summed E-state index contributed by atoms with van der Waals surface area (Å²) in [5.41, 5.74) is 2.48. The van der Waals surface area contributed by atoms with Crippen molar-refractivity contribution in [1.82, 2.24) is 0 Å². The van der Waals surface area contributed by atoms with Gasteiger partial charge in [0.15, 0.2) is 0 Å². The Hall–Kier alpha value is -0.155. The molecule has 1 fully saturated rings. The van der Waals surface area contributed by atoms with Gasteiger partial charge in [-0.1, -0.05) is 19.1 Å². The summed E-state index contributed by atoms with van der Waals surface area (Å²) < 4.78 is 5.92. The van der Waals surface area contributed by atoms with Gasteiger partial charge in [0.25, 0.3) is 0 Å². The van der Waals surface area contributed by atoms with E-state index in [1.54, 1.807) is 0 Å². The molecule has 0 aromatic heterocycles. The zero-order valence-electron chi connectivity index (χ0n) is 10.3. The van der Waals surface area contributed by atoms with Crippen molar-refractivity contribution in [3.05, 3.63) is 29.8 Å². The number of hydrogen-bond acceptors (Lipinski definition) is 1. The van der Waals surface area contributed by atoms with Crippen molar-refractivity contribution < 1.29 is 4.74 Å². The topological polar surface area (TPSA) is 9.23 Å². The average molecular weight is 264 g/mol. The maximum atomic E-state index is 5.92. The highest BCUT2D eigenvalue weighted by Gasteiger charge is 2.21. The number of hydrogen-bond donors (Lipinski definition) is 0. The highest BCUT2D eigenvalue weighted by atomic mass is 31.0. The third kappa shape index (κ3) is 2.99. The van der Waals surface area contributed by atoms with Crippen molar-refractivity contribution >= 4 is 43.0 Å². The first-order chi connectivity index (χ1) is 8.11. The van der Waals surface area contributed by atoms with Crippen LogP contribution in [0.2, 0.25) is 5.82 Å². The third-order valence-electron chi connectivity index (χ3n) is 3.35. The first-order valence-electron chi connectivity index (χ1n) is 6.04. The minimum absolute atomic E-state index is 0.267. The molecule has 4 unspecified atom stereocenters. The molecule has 0 saturated carbocycles. The molecule has 17 heavy (non-hydrogen) atoms. The van der Waals surface area contributed by atoms with E-state index in [4.69, 9.17) is 4.74 Å². The molecule has 1 aromatic carbocycles. The SMILES string of the molecule is BC1CCC(c2cc(P)c(C=C)c(P)c2)OC1. The Kier molecular flexibility index (Phi) is 4.42. The summed E-state index contributed by atoms with van der Waals surface area (Å²) in [5, 5.41) is 2.40. The lowest BCUT2D eigenvalue weighted by Crippen LogP contribution is -2.20. The van der Waals surface area contributed by atoms with E-state index >= 15 is 0 Å². The lowest BCUT2D eigenvalue weighted by Gasteiger charge is -2.28. The number of ether oxygens (including phenoxy) is 1. The van der Waals surface area contributed by atoms with Crippen molar-refractivity contribution in [2.75, 3.05) is 6.61 Å². The van der Waals surface area contributed by atoms with Gasteiger partial charge in [-0.15, -0.1) is 18.5 Å². The van der Waals surface area contributed by atoms with Gasteiger partial charge < -0.3 is 4.74 Å². The largest absolute Gasteiger partial charge is 0.374 e. The normalized spacial score (nSPS) is 24.6. The van der Waals surface area contributed by atoms with Crippen LogP contribution in [-0.2, 0) is 4.74 Å². The van der Waals surface area contributed by atoms with E-state index in [2.05, 4.69) is 45.0 Å². The molecule has 1 heterocycles. The van der Waals surface area contributed by atoms with Crippen molar-refractivity contribution in [1.29, 1.82) is 0 Å². The molecular weight excluding hydrogens is 245 g/mol. The highest BCUT2D eigenvalue weighted by molar-refractivity contribution is 7.30. The molecule has 1 nitrogen and oxygen atoms in total. The molecule has 4 heteroatoms. The fourth-order valence-electron chi connectivity index (χ4n) is 2.29. The zero-order chi connectivity index (χ0) is 12.4. The fourth-order valence-corrected chi connectivity index (χ4v) is 3.41. The van der Waals surface area contributed by atoms with Crippen molar-refractivity contribution in [2.24, 2.45) is 0 Å². The van der Waals surface area contributed by atoms with Gasteiger partial charge in [0.05, 0.1) is 6.10 Å². The summed E-state index contributed by atoms with van der Waals surface area (Å²) in [4.78, 5) is 0. The molecule has 0 aliphatic carbocycles. The van der Waals surface area contributed by atoms with Gasteiger partial charge in [0.1, 0.15) is 7.85 Å². The summed E-state index contributed by atoms with van der Waals surface area (Å²) in [7, 11) is 7.82. The van der Waals surface area contributed by atoms with Crippen LogP contribution in [0, 0.1) is 0 Å². The van der Waals surface area contributed by atoms with E-state index in [0.717, 1.165) is 13.0 Å². The van der Waals surface area contributed by atoms with Gasteiger partial charge in [0, 0.05) is 6.61 Å². The first kappa shape index (κ1) is 13.3. The van der Waals surface area contributed by atoms with Crippen LogP contribution in [0.5, 0.6) is 0 Å². The van der Waals surface area contributed by atoms with Gasteiger partial charge in [-0.3, -0.25) is 0 Å². The van der Waals surface area contributed by atoms with E-state index in [0.29, 0.717) is 5.82 Å². The van der Waals surface area contributed by atoms with Gasteiger partial charge in [-0.05, 0) is 46.1 Å². The molecule has 0 N–H and O–H groups in total. The van der Waals surface area contributed by atoms with Crippen molar-refractivity contribution in [3.63, 3.8) is 0 Å². The summed E-state index contributed by atoms with van der Waals surface area (Å²) >= 11 is 0. The Morgan fingerprint density at radius 2 is 1.94 bits per heavy atom. The maximum Gasteiger partial charge on any atom is 0.108 e. The fraction of sp³-hybridized carbons (Fsp3) is 0.385. The average Bonchev–Trinajstić information content (AvgIpc) is 2.29. The maximum absolute atomic E-state index is 5.92. The molecule has 0 radical (unpaired) electrons. The molecule has 1 aliphatic heterocycles. The summed E-state index contributed by atoms with van der Waals surface area (Å²) in [6.07, 6.45) is 4.55. The van der Waals surface area contributed by atoms with E-state index in [-0.39, 0.29) is 6.10 Å². The van der Waals surface area contributed by atoms with E-state index in [1.807, 2.05) is 6.08 Å². The molecular formula is C13H19BOP2. The van der Waals surface area contributed by atoms with Crippen LogP contribution < -0.4 is 10.6 Å². The Balaban J connectivity index is 2.25. The monoisotopic (exact) mass is 264 g/mol. The van der Waals surface area contributed by atoms with Crippen LogP contribution in [0.15, 0.2) is 18.7 Å². The molecule has 0 amide bonds. The smallest absolute Gasteiger partial charge is 0.108 e. The second-order valence-electron chi connectivity index (χ2n) is 4.82. The van der Waals surface area contributed by atoms with Crippen molar-refractivity contribution in [2.45, 2.75) is 24.8 Å². The lowest BCUT2D eigenvalue weighted by atomic mass is 9.81. The number of rotatable bonds is 2. The minimum Gasteiger partial charge on any atom is -0.374 e. The minimum atomic E-state index is 0.267. The molecule has 90 valence electrons. The predicted molar refractivity (Wildman–Crippen MR) is 85.4 cm³/mol. The van der Waals surface area contributed by atoms with Gasteiger partial charge in [0.2, 0.25) is 0 Å². The van der Waals surface area contributed by atoms with Gasteiger partial charge in [-0.25, -0.2) is 0 Å². The van der Waals surface area contributed by atoms with Crippen molar-refractivity contribution in [3.8, 4) is 0 Å². The quantitative estimate of drug-likeness (QED) is 0.582. The molecule has 1 aromatic rings. The van der Waals surface area contributed by atoms with Crippen LogP contribution in [-0.4, -0.2) is 14.5 Å². The van der Waals surface area contributed by atoms with E-state index in [9.17, 15) is 0 Å². The molecule has 1 aliphatic rings. The van der Waals surface area contributed by atoms with Crippen LogP contribution >= 0.6 is 18.5 Å². The lowest BCUT2D eigenvalue weighted by molar-refractivity contribution is 0.0157. The summed E-state index contributed by atoms with van der Waals surface area (Å²) in [5.74, 6) is 0.699. The highest BCUT2D eigenvalue weighted by Crippen LogP contribution is 2.31. The summed E-state index contributed by atoms with van der Waals surface area (Å²) in [6.45, 7) is 4.73. The standard InChI is InChI=1S/C13H19BOP2/c1-2-10-12(16)5-8(6-13(10)17)11-4-3-9(14)7-15-11/h2,5-6,9,11H,1,3-4,7,14,16-17H2. The van der Waals surface area contributed by atoms with Crippen LogP contribution in [0.25, 0.3) is 6.08 Å². The Morgan fingerprint density at radius 3 is 2.41 bits per heavy atom. The summed E-state index contributed by atoms with van der Waals surface area (Å²) in [6, 6.07) is 4.41. The third-order valence-corrected chi connectivity index (χ3v) is 4.30. The van der Waals surface area contributed by atoms with E-state index in [1.165, 1.54) is 28.2 Å². The molecule has 2 rings (SSSR count). The predicted octanol–water partition coefficient (Wildman–Crippen LogP) is 1.60. The van der Waals surface area contributed by atoms with Gasteiger partial charge in [-0.2, -0.15) is 0 Å². The van der Waals surface area contributed by atoms with Gasteiger partial charge >= 0.3 is 0 Å². The zero-order valence-corrected chi connectivity index (χ0v) is 12.6. The number of benzene rings is 1. The Labute approximate surface area is 109 Å². The van der Waals surface area contributed by atoms with Crippen LogP contribution in [0.4, 0.5) is 0 Å². The molecule has 0 spiro atoms. The second kappa shape index (κ2) is 5.66. The molecule has 1 saturated heterocycles. The van der Waals surface area contributed by atoms with E-state index < -0.39 is 0 Å². The molecule has 4 atom stereocenters. The Bertz CT molecular complexity index is 402. The van der Waals surface area contributed by atoms with Crippen LogP contribution in [0.3, 0.4) is 0 Å².